The van der Waals surface area contributed by atoms with Crippen LogP contribution in [0.3, 0.4) is 0 Å². The zero-order chi connectivity index (χ0) is 7.02. The molecule has 0 fully saturated rings. The summed E-state index contributed by atoms with van der Waals surface area (Å²) in [6.45, 7) is 8.68. The maximum absolute atomic E-state index is 2.24. The molecule has 0 saturated carbocycles. The van der Waals surface area contributed by atoms with Crippen LogP contribution in [0.5, 0.6) is 0 Å². The van der Waals surface area contributed by atoms with Crippen molar-refractivity contribution in [3.8, 4) is 0 Å². The van der Waals surface area contributed by atoms with Crippen molar-refractivity contribution in [1.29, 1.82) is 0 Å². The number of halogens is 1. The normalized spacial score (nSPS) is 8.36. The summed E-state index contributed by atoms with van der Waals surface area (Å²) in [5.41, 5.74) is 5.75. The molecule has 0 heterocycles. The predicted octanol–water partition coefficient (Wildman–Crippen LogP) is -0.738. The fraction of sp³-hybridized carbons (Fsp3) is 0.444. The predicted molar refractivity (Wildman–Crippen MR) is 46.7 cm³/mol. The monoisotopic (exact) mass is 180 g/mol. The van der Waals surface area contributed by atoms with Gasteiger partial charge in [-0.05, 0) is 0 Å². The van der Waals surface area contributed by atoms with Crippen LogP contribution in [0.4, 0.5) is 0 Å². The summed E-state index contributed by atoms with van der Waals surface area (Å²) in [7, 11) is 0. The van der Waals surface area contributed by atoms with Crippen molar-refractivity contribution in [3.05, 3.63) is 28.3 Å². The van der Waals surface area contributed by atoms with Gasteiger partial charge in [0.1, 0.15) is 0 Å². The Hall–Kier alpha value is 0.406. The maximum Gasteiger partial charge on any atom is 2.00 e. The van der Waals surface area contributed by atoms with E-state index in [2.05, 4.69) is 33.8 Å². The van der Waals surface area contributed by atoms with E-state index in [1.54, 1.807) is 0 Å². The molecule has 1 aromatic rings. The molecule has 0 unspecified atom stereocenters. The van der Waals surface area contributed by atoms with Crippen molar-refractivity contribution in [1.82, 2.24) is 0 Å². The molecule has 1 rings (SSSR count). The van der Waals surface area contributed by atoms with Crippen LogP contribution in [0.25, 0.3) is 0 Å². The van der Waals surface area contributed by atoms with Crippen LogP contribution >= 0.6 is 0 Å². The molecule has 58 valence electrons. The summed E-state index contributed by atoms with van der Waals surface area (Å²) in [4.78, 5) is 0. The minimum atomic E-state index is 0. The molecule has 0 saturated heterocycles. The average molecular weight is 181 g/mol. The Labute approximate surface area is 91.3 Å². The third-order valence-corrected chi connectivity index (χ3v) is 2.18. The Morgan fingerprint density at radius 3 is 1.18 bits per heavy atom. The standard InChI is InChI=1S/C9H13.ClH.Mg/c1-6-5-7(2)9(4)8(6)3;;/h5H,1-4H3;1H;/q-1;;+2/p-1. The summed E-state index contributed by atoms with van der Waals surface area (Å²) in [5, 5.41) is 0. The van der Waals surface area contributed by atoms with Crippen molar-refractivity contribution in [2.24, 2.45) is 0 Å². The van der Waals surface area contributed by atoms with Crippen molar-refractivity contribution in [3.63, 3.8) is 0 Å². The third-order valence-electron chi connectivity index (χ3n) is 2.18. The molecule has 0 N–H and O–H groups in total. The first kappa shape index (κ1) is 14.0. The molecule has 0 amide bonds. The van der Waals surface area contributed by atoms with E-state index in [1.807, 2.05) is 0 Å². The van der Waals surface area contributed by atoms with Crippen LogP contribution in [-0.4, -0.2) is 23.1 Å². The topological polar surface area (TPSA) is 0 Å². The number of rotatable bonds is 0. The minimum Gasteiger partial charge on any atom is -1.00 e. The molecular weight excluding hydrogens is 168 g/mol. The molecule has 0 aliphatic rings. The minimum absolute atomic E-state index is 0. The van der Waals surface area contributed by atoms with E-state index in [-0.39, 0.29) is 35.5 Å². The average Bonchev–Trinajstić information content (AvgIpc) is 1.98. The molecular formula is C9H13ClMg. The van der Waals surface area contributed by atoms with Crippen LogP contribution in [0.15, 0.2) is 6.07 Å². The summed E-state index contributed by atoms with van der Waals surface area (Å²) in [6, 6.07) is 2.24. The van der Waals surface area contributed by atoms with E-state index in [0.717, 1.165) is 0 Å². The SMILES string of the molecule is Cc1[cH-]c(C)c(C)c1C.[Cl-].[Mg+2]. The molecule has 2 heteroatoms. The molecule has 0 aliphatic heterocycles. The van der Waals surface area contributed by atoms with E-state index in [1.165, 1.54) is 22.3 Å². The van der Waals surface area contributed by atoms with Gasteiger partial charge in [-0.25, -0.2) is 0 Å². The molecule has 0 aliphatic carbocycles. The molecule has 0 bridgehead atoms. The Kier molecular flexibility index (Phi) is 6.50. The van der Waals surface area contributed by atoms with Gasteiger partial charge in [-0.3, -0.25) is 0 Å². The van der Waals surface area contributed by atoms with E-state index in [4.69, 9.17) is 0 Å². The zero-order valence-electron chi connectivity index (χ0n) is 7.66. The van der Waals surface area contributed by atoms with E-state index >= 15 is 0 Å². The molecule has 11 heavy (non-hydrogen) atoms. The van der Waals surface area contributed by atoms with Gasteiger partial charge in [0.2, 0.25) is 0 Å². The van der Waals surface area contributed by atoms with Gasteiger partial charge in [-0.1, -0.05) is 27.7 Å². The van der Waals surface area contributed by atoms with Gasteiger partial charge in [0.15, 0.2) is 0 Å². The van der Waals surface area contributed by atoms with Gasteiger partial charge in [0.25, 0.3) is 0 Å². The first-order valence-electron chi connectivity index (χ1n) is 3.33. The fourth-order valence-corrected chi connectivity index (χ4v) is 1.13. The second-order valence-corrected chi connectivity index (χ2v) is 2.76. The quantitative estimate of drug-likeness (QED) is 0.365. The summed E-state index contributed by atoms with van der Waals surface area (Å²) in [5.74, 6) is 0. The Morgan fingerprint density at radius 1 is 0.818 bits per heavy atom. The van der Waals surface area contributed by atoms with Crippen LogP contribution in [-0.2, 0) is 0 Å². The fourth-order valence-electron chi connectivity index (χ4n) is 1.13. The van der Waals surface area contributed by atoms with Gasteiger partial charge >= 0.3 is 23.1 Å². The maximum atomic E-state index is 2.24. The number of hydrogen-bond donors (Lipinski definition) is 0. The summed E-state index contributed by atoms with van der Waals surface area (Å²) in [6.07, 6.45) is 0. The van der Waals surface area contributed by atoms with Gasteiger partial charge in [0.05, 0.1) is 0 Å². The van der Waals surface area contributed by atoms with E-state index < -0.39 is 0 Å². The van der Waals surface area contributed by atoms with Crippen molar-refractivity contribution in [2.75, 3.05) is 0 Å². The molecule has 0 spiro atoms. The Balaban J connectivity index is 0. The molecule has 0 nitrogen and oxygen atoms in total. The molecule has 0 atom stereocenters. The largest absolute Gasteiger partial charge is 2.00 e. The van der Waals surface area contributed by atoms with Gasteiger partial charge in [0, 0.05) is 0 Å². The Bertz CT molecular complexity index is 203. The van der Waals surface area contributed by atoms with Crippen molar-refractivity contribution in [2.45, 2.75) is 27.7 Å². The summed E-state index contributed by atoms with van der Waals surface area (Å²) >= 11 is 0. The van der Waals surface area contributed by atoms with Crippen LogP contribution < -0.4 is 12.4 Å². The number of hydrogen-bond acceptors (Lipinski definition) is 0. The number of aryl methyl sites for hydroxylation is 2. The van der Waals surface area contributed by atoms with Crippen molar-refractivity contribution < 1.29 is 12.4 Å². The van der Waals surface area contributed by atoms with Gasteiger partial charge in [-0.15, -0.1) is 0 Å². The van der Waals surface area contributed by atoms with Crippen molar-refractivity contribution >= 4 is 23.1 Å². The zero-order valence-corrected chi connectivity index (χ0v) is 9.83. The molecule has 0 aromatic heterocycles. The third kappa shape index (κ3) is 2.73. The van der Waals surface area contributed by atoms with Gasteiger partial charge in [-0.2, -0.15) is 28.3 Å². The molecule has 0 radical (unpaired) electrons. The van der Waals surface area contributed by atoms with Crippen LogP contribution in [0.1, 0.15) is 22.3 Å². The van der Waals surface area contributed by atoms with E-state index in [9.17, 15) is 0 Å². The first-order chi connectivity index (χ1) is 4.13. The van der Waals surface area contributed by atoms with Gasteiger partial charge < -0.3 is 12.4 Å². The van der Waals surface area contributed by atoms with Crippen LogP contribution in [0, 0.1) is 27.7 Å². The second kappa shape index (κ2) is 5.12. The second-order valence-electron chi connectivity index (χ2n) is 2.76. The smallest absolute Gasteiger partial charge is 1.00 e. The first-order valence-corrected chi connectivity index (χ1v) is 3.33. The van der Waals surface area contributed by atoms with Crippen LogP contribution in [0.2, 0.25) is 0 Å². The Morgan fingerprint density at radius 2 is 1.09 bits per heavy atom. The molecule has 1 aromatic carbocycles. The van der Waals surface area contributed by atoms with E-state index in [0.29, 0.717) is 0 Å². The summed E-state index contributed by atoms with van der Waals surface area (Å²) < 4.78 is 0.